The van der Waals surface area contributed by atoms with E-state index in [0.717, 1.165) is 6.07 Å². The van der Waals surface area contributed by atoms with E-state index in [1.54, 1.807) is 24.3 Å². The molecule has 0 aliphatic rings. The molecule has 0 saturated carbocycles. The summed E-state index contributed by atoms with van der Waals surface area (Å²) >= 11 is 0. The number of hydrogen-bond acceptors (Lipinski definition) is 3. The molecule has 2 amide bonds. The quantitative estimate of drug-likeness (QED) is 0.780. The summed E-state index contributed by atoms with van der Waals surface area (Å²) < 4.78 is 13.7. The maximum atomic E-state index is 13.7. The average Bonchev–Trinajstić information content (AvgIpc) is 2.54. The fourth-order valence-electron chi connectivity index (χ4n) is 2.28. The number of nitrogens with one attached hydrogen (secondary N) is 1. The van der Waals surface area contributed by atoms with E-state index < -0.39 is 17.6 Å². The van der Waals surface area contributed by atoms with Gasteiger partial charge in [0.15, 0.2) is 0 Å². The first kappa shape index (κ1) is 14.6. The van der Waals surface area contributed by atoms with Gasteiger partial charge in [-0.3, -0.25) is 14.6 Å². The van der Waals surface area contributed by atoms with Crippen LogP contribution < -0.4 is 11.1 Å². The van der Waals surface area contributed by atoms with Crippen molar-refractivity contribution in [3.63, 3.8) is 0 Å². The number of pyridine rings is 1. The van der Waals surface area contributed by atoms with Crippen molar-refractivity contribution in [3.05, 3.63) is 71.7 Å². The fraction of sp³-hybridized carbons (Fsp3) is 0. The van der Waals surface area contributed by atoms with Gasteiger partial charge in [-0.15, -0.1) is 0 Å². The van der Waals surface area contributed by atoms with Crippen molar-refractivity contribution >= 4 is 28.4 Å². The Hall–Kier alpha value is -3.28. The number of halogens is 1. The third kappa shape index (κ3) is 3.01. The number of carbonyl (C=O) groups excluding carboxylic acids is 2. The van der Waals surface area contributed by atoms with Gasteiger partial charge in [0.25, 0.3) is 5.91 Å². The molecule has 23 heavy (non-hydrogen) atoms. The molecule has 6 heteroatoms. The predicted molar refractivity (Wildman–Crippen MR) is 84.6 cm³/mol. The second-order valence-electron chi connectivity index (χ2n) is 4.93. The molecule has 2 aromatic carbocycles. The van der Waals surface area contributed by atoms with Gasteiger partial charge in [0.05, 0.1) is 11.1 Å². The second kappa shape index (κ2) is 5.84. The summed E-state index contributed by atoms with van der Waals surface area (Å²) in [5.74, 6) is -1.64. The van der Waals surface area contributed by atoms with Crippen molar-refractivity contribution in [2.75, 3.05) is 5.32 Å². The minimum absolute atomic E-state index is 0.116. The maximum Gasteiger partial charge on any atom is 0.257 e. The van der Waals surface area contributed by atoms with Crippen molar-refractivity contribution in [2.45, 2.75) is 0 Å². The monoisotopic (exact) mass is 309 g/mol. The van der Waals surface area contributed by atoms with Gasteiger partial charge in [-0.05, 0) is 36.4 Å². The molecule has 5 nitrogen and oxygen atoms in total. The summed E-state index contributed by atoms with van der Waals surface area (Å²) in [7, 11) is 0. The smallest absolute Gasteiger partial charge is 0.257 e. The van der Waals surface area contributed by atoms with Crippen molar-refractivity contribution in [3.8, 4) is 0 Å². The molecule has 0 unspecified atom stereocenters. The highest BCUT2D eigenvalue weighted by Gasteiger charge is 2.14. The lowest BCUT2D eigenvalue weighted by Crippen LogP contribution is -2.15. The Morgan fingerprint density at radius 1 is 1.09 bits per heavy atom. The average molecular weight is 309 g/mol. The van der Waals surface area contributed by atoms with Crippen LogP contribution in [0.4, 0.5) is 10.1 Å². The number of nitrogens with zero attached hydrogens (tertiary/aromatic N) is 1. The van der Waals surface area contributed by atoms with Crippen LogP contribution >= 0.6 is 0 Å². The minimum atomic E-state index is -0.598. The number of carbonyl (C=O) groups is 2. The Balaban J connectivity index is 1.98. The van der Waals surface area contributed by atoms with E-state index in [1.807, 2.05) is 0 Å². The molecule has 3 N–H and O–H groups in total. The number of hydrogen-bond donors (Lipinski definition) is 2. The van der Waals surface area contributed by atoms with E-state index in [-0.39, 0.29) is 11.1 Å². The highest BCUT2D eigenvalue weighted by atomic mass is 19.1. The Kier molecular flexibility index (Phi) is 3.72. The zero-order valence-electron chi connectivity index (χ0n) is 11.9. The lowest BCUT2D eigenvalue weighted by molar-refractivity contribution is 0.0996. The molecule has 0 saturated heterocycles. The fourth-order valence-corrected chi connectivity index (χ4v) is 2.28. The van der Waals surface area contributed by atoms with Crippen LogP contribution in [0.15, 0.2) is 54.7 Å². The van der Waals surface area contributed by atoms with E-state index >= 15 is 0 Å². The zero-order valence-corrected chi connectivity index (χ0v) is 11.9. The van der Waals surface area contributed by atoms with Crippen LogP contribution in [0.3, 0.4) is 0 Å². The van der Waals surface area contributed by atoms with Crippen molar-refractivity contribution in [2.24, 2.45) is 5.73 Å². The number of fused-ring (bicyclic) bond motifs is 1. The van der Waals surface area contributed by atoms with Crippen LogP contribution in [0.5, 0.6) is 0 Å². The van der Waals surface area contributed by atoms with Crippen LogP contribution in [-0.4, -0.2) is 16.8 Å². The van der Waals surface area contributed by atoms with E-state index in [0.29, 0.717) is 16.6 Å². The summed E-state index contributed by atoms with van der Waals surface area (Å²) in [6.45, 7) is 0. The SMILES string of the molecule is NC(=O)c1cccc(NC(=O)c2cc(F)cc3cccnc23)c1. The third-order valence-electron chi connectivity index (χ3n) is 3.32. The van der Waals surface area contributed by atoms with Gasteiger partial charge >= 0.3 is 0 Å². The Morgan fingerprint density at radius 3 is 2.70 bits per heavy atom. The van der Waals surface area contributed by atoms with E-state index in [4.69, 9.17) is 5.73 Å². The number of amides is 2. The number of nitrogens with two attached hydrogens (primary N) is 1. The van der Waals surface area contributed by atoms with Gasteiger partial charge < -0.3 is 11.1 Å². The lowest BCUT2D eigenvalue weighted by Gasteiger charge is -2.08. The summed E-state index contributed by atoms with van der Waals surface area (Å²) in [4.78, 5) is 27.7. The molecule has 0 bridgehead atoms. The summed E-state index contributed by atoms with van der Waals surface area (Å²) in [6.07, 6.45) is 1.53. The van der Waals surface area contributed by atoms with Gasteiger partial charge in [-0.25, -0.2) is 4.39 Å². The Labute approximate surface area is 130 Å². The molecule has 0 radical (unpaired) electrons. The topological polar surface area (TPSA) is 85.1 Å². The Bertz CT molecular complexity index is 925. The molecule has 0 spiro atoms. The van der Waals surface area contributed by atoms with E-state index in [1.165, 1.54) is 24.4 Å². The van der Waals surface area contributed by atoms with E-state index in [9.17, 15) is 14.0 Å². The first-order chi connectivity index (χ1) is 11.0. The lowest BCUT2D eigenvalue weighted by atomic mass is 10.1. The highest BCUT2D eigenvalue weighted by Crippen LogP contribution is 2.20. The predicted octanol–water partition coefficient (Wildman–Crippen LogP) is 2.73. The number of anilines is 1. The summed E-state index contributed by atoms with van der Waals surface area (Å²) in [5, 5.41) is 3.15. The van der Waals surface area contributed by atoms with Gasteiger partial charge in [0, 0.05) is 22.8 Å². The largest absolute Gasteiger partial charge is 0.366 e. The number of primary amides is 1. The molecule has 114 valence electrons. The molecule has 0 aliphatic heterocycles. The van der Waals surface area contributed by atoms with Crippen molar-refractivity contribution < 1.29 is 14.0 Å². The van der Waals surface area contributed by atoms with Gasteiger partial charge in [-0.2, -0.15) is 0 Å². The number of rotatable bonds is 3. The molecular formula is C17H12FN3O2. The van der Waals surface area contributed by atoms with Gasteiger partial charge in [0.1, 0.15) is 5.82 Å². The maximum absolute atomic E-state index is 13.7. The molecule has 0 aliphatic carbocycles. The first-order valence-electron chi connectivity index (χ1n) is 6.80. The molecular weight excluding hydrogens is 297 g/mol. The summed E-state index contributed by atoms with van der Waals surface area (Å²) in [6, 6.07) is 12.0. The first-order valence-corrected chi connectivity index (χ1v) is 6.80. The number of aromatic nitrogens is 1. The molecule has 0 fully saturated rings. The van der Waals surface area contributed by atoms with Crippen molar-refractivity contribution in [1.29, 1.82) is 0 Å². The van der Waals surface area contributed by atoms with Gasteiger partial charge in [-0.1, -0.05) is 12.1 Å². The Morgan fingerprint density at radius 2 is 1.91 bits per heavy atom. The van der Waals surface area contributed by atoms with E-state index in [2.05, 4.69) is 10.3 Å². The van der Waals surface area contributed by atoms with Crippen LogP contribution in [0.1, 0.15) is 20.7 Å². The van der Waals surface area contributed by atoms with Crippen LogP contribution in [0.2, 0.25) is 0 Å². The highest BCUT2D eigenvalue weighted by molar-refractivity contribution is 6.12. The summed E-state index contributed by atoms with van der Waals surface area (Å²) in [5.41, 5.74) is 6.38. The minimum Gasteiger partial charge on any atom is -0.366 e. The van der Waals surface area contributed by atoms with Gasteiger partial charge in [0.2, 0.25) is 5.91 Å². The van der Waals surface area contributed by atoms with Crippen LogP contribution in [-0.2, 0) is 0 Å². The van der Waals surface area contributed by atoms with Crippen molar-refractivity contribution in [1.82, 2.24) is 4.98 Å². The molecule has 3 rings (SSSR count). The molecule has 1 heterocycles. The molecule has 0 atom stereocenters. The second-order valence-corrected chi connectivity index (χ2v) is 4.93. The number of benzene rings is 2. The third-order valence-corrected chi connectivity index (χ3v) is 3.32. The molecule has 3 aromatic rings. The molecule has 1 aromatic heterocycles. The van der Waals surface area contributed by atoms with Crippen LogP contribution in [0, 0.1) is 5.82 Å². The van der Waals surface area contributed by atoms with Crippen LogP contribution in [0.25, 0.3) is 10.9 Å². The standard InChI is InChI=1S/C17H12FN3O2/c18-12-7-10-4-2-6-20-15(10)14(9-12)17(23)21-13-5-1-3-11(8-13)16(19)22/h1-9H,(H2,19,22)(H,21,23). The normalized spacial score (nSPS) is 10.5. The zero-order chi connectivity index (χ0) is 16.4.